The molecular formula is C9H10BrN3S. The number of hydrogen-bond acceptors (Lipinski definition) is 3. The van der Waals surface area contributed by atoms with E-state index in [9.17, 15) is 0 Å². The molecule has 74 valence electrons. The minimum atomic E-state index is 0.505. The number of nitrogens with zero attached hydrogens (tertiary/aromatic N) is 1. The molecule has 14 heavy (non-hydrogen) atoms. The fourth-order valence-electron chi connectivity index (χ4n) is 1.31. The molecule has 0 amide bonds. The van der Waals surface area contributed by atoms with E-state index in [1.54, 1.807) is 11.3 Å². The molecule has 0 aliphatic rings. The van der Waals surface area contributed by atoms with Crippen molar-refractivity contribution in [3.63, 3.8) is 0 Å². The summed E-state index contributed by atoms with van der Waals surface area (Å²) < 4.78 is 1.11. The summed E-state index contributed by atoms with van der Waals surface area (Å²) in [4.78, 5) is 1.16. The molecule has 0 unspecified atom stereocenters. The minimum absolute atomic E-state index is 0.505. The molecule has 0 fully saturated rings. The maximum absolute atomic E-state index is 5.57. The quantitative estimate of drug-likeness (QED) is 0.883. The Bertz CT molecular complexity index is 447. The topological polar surface area (TPSA) is 54.7 Å². The Labute approximate surface area is 94.5 Å². The highest BCUT2D eigenvalue weighted by atomic mass is 79.9. The lowest BCUT2D eigenvalue weighted by atomic mass is 10.2. The van der Waals surface area contributed by atoms with Gasteiger partial charge in [0.1, 0.15) is 5.69 Å². The fourth-order valence-corrected chi connectivity index (χ4v) is 2.75. The van der Waals surface area contributed by atoms with E-state index in [1.165, 1.54) is 0 Å². The molecule has 0 aromatic carbocycles. The second kappa shape index (κ2) is 3.84. The van der Waals surface area contributed by atoms with Crippen molar-refractivity contribution < 1.29 is 0 Å². The largest absolute Gasteiger partial charge is 0.325 e. The number of thiophene rings is 1. The number of aromatic nitrogens is 2. The van der Waals surface area contributed by atoms with Crippen molar-refractivity contribution in [2.24, 2.45) is 5.73 Å². The molecule has 0 bridgehead atoms. The van der Waals surface area contributed by atoms with E-state index in [-0.39, 0.29) is 0 Å². The van der Waals surface area contributed by atoms with Gasteiger partial charge in [0.15, 0.2) is 0 Å². The van der Waals surface area contributed by atoms with E-state index in [2.05, 4.69) is 32.2 Å². The molecule has 0 aliphatic carbocycles. The van der Waals surface area contributed by atoms with Crippen LogP contribution in [0.4, 0.5) is 0 Å². The third-order valence-electron chi connectivity index (χ3n) is 2.12. The van der Waals surface area contributed by atoms with E-state index in [4.69, 9.17) is 5.73 Å². The molecule has 5 heteroatoms. The van der Waals surface area contributed by atoms with Gasteiger partial charge in [-0.1, -0.05) is 0 Å². The predicted molar refractivity (Wildman–Crippen MR) is 62.2 cm³/mol. The van der Waals surface area contributed by atoms with E-state index in [0.29, 0.717) is 6.54 Å². The second-order valence-corrected chi connectivity index (χ2v) is 5.45. The van der Waals surface area contributed by atoms with Crippen LogP contribution in [-0.2, 0) is 6.54 Å². The monoisotopic (exact) mass is 271 g/mol. The third-order valence-corrected chi connectivity index (χ3v) is 3.75. The summed E-state index contributed by atoms with van der Waals surface area (Å²) in [7, 11) is 0. The van der Waals surface area contributed by atoms with E-state index in [1.807, 2.05) is 13.0 Å². The summed E-state index contributed by atoms with van der Waals surface area (Å²) in [6, 6.07) is 4.08. The molecule has 2 aromatic rings. The van der Waals surface area contributed by atoms with Gasteiger partial charge in [0, 0.05) is 12.1 Å². The average molecular weight is 272 g/mol. The van der Waals surface area contributed by atoms with E-state index < -0.39 is 0 Å². The molecule has 2 aromatic heterocycles. The van der Waals surface area contributed by atoms with Crippen LogP contribution in [-0.4, -0.2) is 10.2 Å². The Morgan fingerprint density at radius 3 is 2.86 bits per heavy atom. The van der Waals surface area contributed by atoms with Gasteiger partial charge in [-0.25, -0.2) is 0 Å². The number of nitrogens with two attached hydrogens (primary N) is 1. The maximum atomic E-state index is 5.57. The van der Waals surface area contributed by atoms with Crippen LogP contribution in [0.5, 0.6) is 0 Å². The summed E-state index contributed by atoms with van der Waals surface area (Å²) in [6.07, 6.45) is 0. The first-order valence-electron chi connectivity index (χ1n) is 4.22. The van der Waals surface area contributed by atoms with Crippen molar-refractivity contribution in [2.45, 2.75) is 13.5 Å². The summed E-state index contributed by atoms with van der Waals surface area (Å²) in [5.41, 5.74) is 8.72. The third kappa shape index (κ3) is 1.63. The molecule has 3 N–H and O–H groups in total. The van der Waals surface area contributed by atoms with Crippen molar-refractivity contribution >= 4 is 27.3 Å². The first-order valence-corrected chi connectivity index (χ1v) is 5.83. The number of H-pyrrole nitrogens is 1. The Morgan fingerprint density at radius 2 is 2.36 bits per heavy atom. The summed E-state index contributed by atoms with van der Waals surface area (Å²) in [5.74, 6) is 0. The van der Waals surface area contributed by atoms with Gasteiger partial charge in [-0.05, 0) is 35.0 Å². The highest BCUT2D eigenvalue weighted by Crippen LogP contribution is 2.32. The smallest absolute Gasteiger partial charge is 0.105 e. The van der Waals surface area contributed by atoms with Crippen molar-refractivity contribution in [2.75, 3.05) is 0 Å². The van der Waals surface area contributed by atoms with Crippen LogP contribution < -0.4 is 5.73 Å². The highest BCUT2D eigenvalue weighted by molar-refractivity contribution is 9.11. The molecule has 2 rings (SSSR count). The van der Waals surface area contributed by atoms with Gasteiger partial charge in [-0.2, -0.15) is 5.10 Å². The second-order valence-electron chi connectivity index (χ2n) is 2.98. The summed E-state index contributed by atoms with van der Waals surface area (Å²) in [6.45, 7) is 2.54. The molecule has 2 heterocycles. The molecule has 0 saturated carbocycles. The van der Waals surface area contributed by atoms with E-state index >= 15 is 0 Å². The van der Waals surface area contributed by atoms with Crippen LogP contribution in [0.2, 0.25) is 0 Å². The molecular weight excluding hydrogens is 262 g/mol. The molecule has 0 atom stereocenters. The lowest BCUT2D eigenvalue weighted by Crippen LogP contribution is -1.98. The van der Waals surface area contributed by atoms with Gasteiger partial charge in [-0.3, -0.25) is 5.10 Å². The van der Waals surface area contributed by atoms with E-state index in [0.717, 1.165) is 25.6 Å². The number of aromatic amines is 1. The first-order chi connectivity index (χ1) is 6.72. The fraction of sp³-hybridized carbons (Fsp3) is 0.222. The zero-order valence-corrected chi connectivity index (χ0v) is 10.1. The highest BCUT2D eigenvalue weighted by Gasteiger charge is 2.11. The van der Waals surface area contributed by atoms with Crippen molar-refractivity contribution in [3.8, 4) is 10.6 Å². The Balaban J connectivity index is 2.46. The van der Waals surface area contributed by atoms with Crippen molar-refractivity contribution in [3.05, 3.63) is 27.2 Å². The molecule has 0 radical (unpaired) electrons. The predicted octanol–water partition coefficient (Wildman–Crippen LogP) is 2.67. The van der Waals surface area contributed by atoms with Gasteiger partial charge in [0.25, 0.3) is 0 Å². The zero-order chi connectivity index (χ0) is 10.1. The van der Waals surface area contributed by atoms with Gasteiger partial charge in [0.05, 0.1) is 14.4 Å². The van der Waals surface area contributed by atoms with Crippen LogP contribution in [0.15, 0.2) is 15.9 Å². The van der Waals surface area contributed by atoms with Crippen LogP contribution in [0.3, 0.4) is 0 Å². The molecule has 0 saturated heterocycles. The summed E-state index contributed by atoms with van der Waals surface area (Å²) in [5, 5.41) is 7.20. The lowest BCUT2D eigenvalue weighted by Gasteiger charge is -1.94. The van der Waals surface area contributed by atoms with Gasteiger partial charge >= 0.3 is 0 Å². The number of rotatable bonds is 2. The first kappa shape index (κ1) is 9.89. The SMILES string of the molecule is Cc1c(-c2ccc(Br)s2)n[nH]c1CN. The number of halogens is 1. The van der Waals surface area contributed by atoms with Crippen LogP contribution in [0.25, 0.3) is 10.6 Å². The van der Waals surface area contributed by atoms with Gasteiger partial charge in [-0.15, -0.1) is 11.3 Å². The minimum Gasteiger partial charge on any atom is -0.325 e. The maximum Gasteiger partial charge on any atom is 0.105 e. The Morgan fingerprint density at radius 1 is 1.57 bits per heavy atom. The standard InChI is InChI=1S/C9H10BrN3S/c1-5-6(4-11)12-13-9(5)7-2-3-8(10)14-7/h2-3H,4,11H2,1H3,(H,12,13). The molecule has 0 spiro atoms. The number of hydrogen-bond donors (Lipinski definition) is 2. The Kier molecular flexibility index (Phi) is 2.71. The molecule has 3 nitrogen and oxygen atoms in total. The van der Waals surface area contributed by atoms with Gasteiger partial charge in [0.2, 0.25) is 0 Å². The van der Waals surface area contributed by atoms with Crippen LogP contribution in [0.1, 0.15) is 11.3 Å². The average Bonchev–Trinajstić information content (AvgIpc) is 2.72. The lowest BCUT2D eigenvalue weighted by molar-refractivity contribution is 0.942. The summed E-state index contributed by atoms with van der Waals surface area (Å²) >= 11 is 5.11. The van der Waals surface area contributed by atoms with Crippen LogP contribution in [0, 0.1) is 6.92 Å². The zero-order valence-electron chi connectivity index (χ0n) is 7.67. The van der Waals surface area contributed by atoms with Gasteiger partial charge < -0.3 is 5.73 Å². The normalized spacial score (nSPS) is 10.8. The Hall–Kier alpha value is -0.650. The van der Waals surface area contributed by atoms with Crippen LogP contribution >= 0.6 is 27.3 Å². The molecule has 0 aliphatic heterocycles. The number of nitrogens with one attached hydrogen (secondary N) is 1. The van der Waals surface area contributed by atoms with Crippen molar-refractivity contribution in [1.82, 2.24) is 10.2 Å². The van der Waals surface area contributed by atoms with Crippen molar-refractivity contribution in [1.29, 1.82) is 0 Å².